The number of carbonyl (C=O) groups is 1. The summed E-state index contributed by atoms with van der Waals surface area (Å²) in [5.41, 5.74) is -2.26. The summed E-state index contributed by atoms with van der Waals surface area (Å²) in [6.45, 7) is 5.53. The number of alkyl halides is 1. The molecule has 0 spiro atoms. The highest BCUT2D eigenvalue weighted by atomic mass is 31.2. The Morgan fingerprint density at radius 1 is 1.17 bits per heavy atom. The van der Waals surface area contributed by atoms with Crippen molar-refractivity contribution in [2.75, 3.05) is 6.61 Å². The van der Waals surface area contributed by atoms with E-state index < -0.39 is 67.5 Å². The second-order valence-corrected chi connectivity index (χ2v) is 12.1. The third-order valence-corrected chi connectivity index (χ3v) is 7.94. The van der Waals surface area contributed by atoms with Crippen molar-refractivity contribution in [1.29, 1.82) is 0 Å². The summed E-state index contributed by atoms with van der Waals surface area (Å²) in [5.74, 6) is -0.996. The van der Waals surface area contributed by atoms with Crippen molar-refractivity contribution in [3.8, 4) is 16.9 Å². The number of H-pyrrole nitrogens is 1. The molecule has 42 heavy (non-hydrogen) atoms. The molecule has 2 heterocycles. The summed E-state index contributed by atoms with van der Waals surface area (Å²) in [7, 11) is -4.32. The maximum Gasteiger partial charge on any atom is 0.459 e. The van der Waals surface area contributed by atoms with Gasteiger partial charge in [-0.2, -0.15) is 5.09 Å². The normalized spacial score (nSPS) is 22.5. The van der Waals surface area contributed by atoms with E-state index in [4.69, 9.17) is 18.5 Å². The molecule has 1 aliphatic rings. The van der Waals surface area contributed by atoms with Gasteiger partial charge in [0, 0.05) is 18.7 Å². The Hall–Kier alpha value is -3.64. The molecule has 0 aliphatic carbocycles. The highest BCUT2D eigenvalue weighted by Crippen LogP contribution is 2.47. The van der Waals surface area contributed by atoms with Crippen LogP contribution in [0, 0.1) is 5.82 Å². The monoisotopic (exact) mass is 607 g/mol. The van der Waals surface area contributed by atoms with Crippen LogP contribution < -0.4 is 20.9 Å². The Morgan fingerprint density at radius 3 is 2.52 bits per heavy atom. The zero-order valence-electron chi connectivity index (χ0n) is 23.4. The van der Waals surface area contributed by atoms with Crippen LogP contribution in [0.5, 0.6) is 5.75 Å². The molecule has 1 unspecified atom stereocenters. The van der Waals surface area contributed by atoms with Crippen molar-refractivity contribution in [2.24, 2.45) is 0 Å². The highest BCUT2D eigenvalue weighted by molar-refractivity contribution is 7.52. The minimum atomic E-state index is -4.32. The lowest BCUT2D eigenvalue weighted by atomic mass is 10.0. The average molecular weight is 608 g/mol. The number of nitrogens with zero attached hydrogens (tertiary/aromatic N) is 1. The van der Waals surface area contributed by atoms with Gasteiger partial charge in [0.05, 0.1) is 18.8 Å². The maximum atomic E-state index is 15.5. The summed E-state index contributed by atoms with van der Waals surface area (Å²) in [6.07, 6.45) is -1.91. The second kappa shape index (κ2) is 12.7. The van der Waals surface area contributed by atoms with E-state index in [-0.39, 0.29) is 12.2 Å². The Balaban J connectivity index is 1.52. The predicted octanol–water partition coefficient (Wildman–Crippen LogP) is 4.49. The quantitative estimate of drug-likeness (QED) is 0.239. The first kappa shape index (κ1) is 31.3. The second-order valence-electron chi connectivity index (χ2n) is 10.4. The van der Waals surface area contributed by atoms with Crippen molar-refractivity contribution < 1.29 is 36.7 Å². The van der Waals surface area contributed by atoms with Gasteiger partial charge in [-0.25, -0.2) is 18.1 Å². The number of carbonyl (C=O) groups excluding carboxylic acids is 1. The molecule has 1 aromatic heterocycles. The van der Waals surface area contributed by atoms with Crippen molar-refractivity contribution in [3.63, 3.8) is 0 Å². The number of rotatable bonds is 11. The molecule has 11 nitrogen and oxygen atoms in total. The Bertz CT molecular complexity index is 1570. The molecular formula is C28H32F2N3O8P. The fraction of sp³-hybridized carbons (Fsp3) is 0.393. The first-order chi connectivity index (χ1) is 19.7. The van der Waals surface area contributed by atoms with Crippen LogP contribution in [-0.4, -0.2) is 46.0 Å². The summed E-state index contributed by atoms with van der Waals surface area (Å²) in [6, 6.07) is 12.2. The summed E-state index contributed by atoms with van der Waals surface area (Å²) < 4.78 is 66.1. The van der Waals surface area contributed by atoms with Crippen LogP contribution in [0.1, 0.15) is 40.3 Å². The smallest absolute Gasteiger partial charge is 0.459 e. The van der Waals surface area contributed by atoms with E-state index in [1.807, 2.05) is 0 Å². The number of aromatic amines is 1. The molecule has 0 bridgehead atoms. The fourth-order valence-electron chi connectivity index (χ4n) is 4.39. The largest absolute Gasteiger partial charge is 0.462 e. The van der Waals surface area contributed by atoms with Gasteiger partial charge in [-0.1, -0.05) is 24.3 Å². The van der Waals surface area contributed by atoms with Gasteiger partial charge < -0.3 is 14.0 Å². The lowest BCUT2D eigenvalue weighted by Crippen LogP contribution is -2.38. The molecule has 0 radical (unpaired) electrons. The standard InChI is InChI=1S/C28H32F2N3O8P/c1-17(2)39-25(35)18(3)32-42(37,41-22-10-8-19(9-11-22)20-6-5-7-21(29)14-20)38-16-23-15-28(4,30)26(40-23)33-13-12-24(34)31-27(33)36/h5-14,17-18,23,26H,15-16H2,1-4H3,(H,32,37)(H,31,34,36)/t18-,23-,26+,28+,42?/m0/s1. The predicted molar refractivity (Wildman–Crippen MR) is 149 cm³/mol. The lowest BCUT2D eigenvalue weighted by Gasteiger charge is -2.24. The van der Waals surface area contributed by atoms with Gasteiger partial charge in [0.1, 0.15) is 17.6 Å². The summed E-state index contributed by atoms with van der Waals surface area (Å²) >= 11 is 0. The van der Waals surface area contributed by atoms with Gasteiger partial charge in [-0.05, 0) is 63.1 Å². The molecular weight excluding hydrogens is 575 g/mol. The molecule has 14 heteroatoms. The van der Waals surface area contributed by atoms with Crippen molar-refractivity contribution in [1.82, 2.24) is 14.6 Å². The van der Waals surface area contributed by atoms with Gasteiger partial charge in [-0.3, -0.25) is 23.7 Å². The van der Waals surface area contributed by atoms with Crippen LogP contribution >= 0.6 is 7.75 Å². The number of esters is 1. The van der Waals surface area contributed by atoms with Crippen LogP contribution in [0.15, 0.2) is 70.4 Å². The Labute approximate surface area is 240 Å². The van der Waals surface area contributed by atoms with E-state index in [9.17, 15) is 23.3 Å². The van der Waals surface area contributed by atoms with Gasteiger partial charge in [0.2, 0.25) is 0 Å². The highest BCUT2D eigenvalue weighted by Gasteiger charge is 2.48. The van der Waals surface area contributed by atoms with Crippen molar-refractivity contribution in [2.45, 2.75) is 64.3 Å². The molecule has 0 saturated carbocycles. The van der Waals surface area contributed by atoms with Crippen LogP contribution in [0.3, 0.4) is 0 Å². The number of ether oxygens (including phenoxy) is 2. The van der Waals surface area contributed by atoms with E-state index in [2.05, 4.69) is 10.1 Å². The van der Waals surface area contributed by atoms with Crippen LogP contribution in [0.2, 0.25) is 0 Å². The van der Waals surface area contributed by atoms with E-state index in [1.54, 1.807) is 38.1 Å². The molecule has 226 valence electrons. The zero-order valence-corrected chi connectivity index (χ0v) is 24.3. The number of nitrogens with one attached hydrogen (secondary N) is 2. The topological polar surface area (TPSA) is 138 Å². The van der Waals surface area contributed by atoms with E-state index in [0.717, 1.165) is 16.8 Å². The fourth-order valence-corrected chi connectivity index (χ4v) is 5.92. The van der Waals surface area contributed by atoms with Crippen molar-refractivity contribution >= 4 is 13.7 Å². The molecule has 1 aliphatic heterocycles. The summed E-state index contributed by atoms with van der Waals surface area (Å²) in [5, 5.41) is 2.55. The summed E-state index contributed by atoms with van der Waals surface area (Å²) in [4.78, 5) is 38.1. The van der Waals surface area contributed by atoms with Gasteiger partial charge in [-0.15, -0.1) is 0 Å². The molecule has 4 rings (SSSR count). The number of benzene rings is 2. The van der Waals surface area contributed by atoms with Gasteiger partial charge in [0.15, 0.2) is 11.9 Å². The number of halogens is 2. The molecule has 2 N–H and O–H groups in total. The average Bonchev–Trinajstić information content (AvgIpc) is 3.21. The molecule has 1 saturated heterocycles. The van der Waals surface area contributed by atoms with Crippen LogP contribution in [0.25, 0.3) is 11.1 Å². The maximum absolute atomic E-state index is 15.5. The van der Waals surface area contributed by atoms with Crippen LogP contribution in [-0.2, 0) is 23.4 Å². The molecule has 2 aromatic carbocycles. The third kappa shape index (κ3) is 7.80. The minimum absolute atomic E-state index is 0.107. The van der Waals surface area contributed by atoms with E-state index in [1.165, 1.54) is 38.1 Å². The van der Waals surface area contributed by atoms with Gasteiger partial charge >= 0.3 is 19.4 Å². The number of hydrogen-bond acceptors (Lipinski definition) is 8. The van der Waals surface area contributed by atoms with Crippen molar-refractivity contribution in [3.05, 3.63) is 87.4 Å². The lowest BCUT2D eigenvalue weighted by molar-refractivity contribution is -0.149. The third-order valence-electron chi connectivity index (χ3n) is 6.29. The number of hydrogen-bond donors (Lipinski definition) is 2. The molecule has 1 fully saturated rings. The van der Waals surface area contributed by atoms with Gasteiger partial charge in [0.25, 0.3) is 5.56 Å². The Morgan fingerprint density at radius 2 is 1.88 bits per heavy atom. The zero-order chi connectivity index (χ0) is 30.7. The Kier molecular flexibility index (Phi) is 9.47. The van der Waals surface area contributed by atoms with E-state index in [0.29, 0.717) is 11.1 Å². The molecule has 3 aromatic rings. The minimum Gasteiger partial charge on any atom is -0.462 e. The molecule has 0 amide bonds. The van der Waals surface area contributed by atoms with E-state index >= 15 is 4.39 Å². The van der Waals surface area contributed by atoms with Crippen LogP contribution in [0.4, 0.5) is 8.78 Å². The first-order valence-electron chi connectivity index (χ1n) is 13.2. The molecule has 5 atom stereocenters. The first-order valence-corrected chi connectivity index (χ1v) is 14.7. The SMILES string of the molecule is CC(C)OC(=O)[C@H](C)NP(=O)(OC[C@@H]1C[C@@](C)(F)[C@H](n2ccc(=O)[nH]c2=O)O1)Oc1ccc(-c2cccc(F)c2)cc1. The number of aromatic nitrogens is 2.